The van der Waals surface area contributed by atoms with E-state index in [1.54, 1.807) is 12.4 Å². The molecule has 2 aromatic heterocycles. The van der Waals surface area contributed by atoms with Crippen LogP contribution in [0.3, 0.4) is 0 Å². The second-order valence-electron chi connectivity index (χ2n) is 6.01. The summed E-state index contributed by atoms with van der Waals surface area (Å²) in [6, 6.07) is 15.7. The number of anilines is 1. The van der Waals surface area contributed by atoms with E-state index in [1.807, 2.05) is 48.8 Å². The van der Waals surface area contributed by atoms with Crippen LogP contribution in [0.5, 0.6) is 5.75 Å². The molecule has 4 aromatic rings. The number of nitrogens with one attached hydrogen (secondary N) is 1. The van der Waals surface area contributed by atoms with E-state index in [2.05, 4.69) is 49.5 Å². The third-order valence-corrected chi connectivity index (χ3v) is 5.22. The van der Waals surface area contributed by atoms with Crippen LogP contribution in [0.15, 0.2) is 65.5 Å². The average molecular weight is 423 g/mol. The molecule has 2 aromatic carbocycles. The fraction of sp³-hybridized carbons (Fsp3) is 0.143. The van der Waals surface area contributed by atoms with Gasteiger partial charge in [0.15, 0.2) is 0 Å². The third kappa shape index (κ3) is 2.86. The van der Waals surface area contributed by atoms with Gasteiger partial charge in [-0.2, -0.15) is 5.10 Å². The molecule has 0 saturated carbocycles. The van der Waals surface area contributed by atoms with Crippen molar-refractivity contribution in [2.75, 3.05) is 5.32 Å². The fourth-order valence-electron chi connectivity index (χ4n) is 3.42. The lowest BCUT2D eigenvalue weighted by atomic mass is 9.99. The highest BCUT2D eigenvalue weighted by molar-refractivity contribution is 9.10. The second-order valence-corrected chi connectivity index (χ2v) is 6.86. The Morgan fingerprint density at radius 1 is 1.11 bits per heavy atom. The number of phenolic OH excluding ortho intramolecular Hbond substituents is 1. The number of nitrogens with zero attached hydrogens (tertiary/aromatic N) is 3. The van der Waals surface area contributed by atoms with Gasteiger partial charge < -0.3 is 10.4 Å². The van der Waals surface area contributed by atoms with Crippen molar-refractivity contribution in [3.05, 3.63) is 76.7 Å². The summed E-state index contributed by atoms with van der Waals surface area (Å²) in [4.78, 5) is 4.55. The normalized spacial score (nSPS) is 14.6. The number of fused-ring (bicyclic) bond motifs is 2. The first-order valence-electron chi connectivity index (χ1n) is 8.89. The van der Waals surface area contributed by atoms with Gasteiger partial charge in [0.05, 0.1) is 16.0 Å². The summed E-state index contributed by atoms with van der Waals surface area (Å²) in [6.45, 7) is 4.00. The van der Waals surface area contributed by atoms with Gasteiger partial charge in [0.2, 0.25) is 0 Å². The molecule has 3 heterocycles. The summed E-state index contributed by atoms with van der Waals surface area (Å²) in [6.07, 6.45) is 3.54. The number of para-hydroxylation sites is 1. The van der Waals surface area contributed by atoms with Crippen LogP contribution in [-0.4, -0.2) is 19.7 Å². The van der Waals surface area contributed by atoms with Gasteiger partial charge >= 0.3 is 0 Å². The molecule has 0 aliphatic carbocycles. The topological polar surface area (TPSA) is 62.5 Å². The van der Waals surface area contributed by atoms with Crippen molar-refractivity contribution < 1.29 is 5.11 Å². The van der Waals surface area contributed by atoms with Crippen LogP contribution >= 0.6 is 15.9 Å². The number of benzene rings is 2. The first-order chi connectivity index (χ1) is 13.2. The maximum absolute atomic E-state index is 9.83. The fourth-order valence-corrected chi connectivity index (χ4v) is 3.82. The van der Waals surface area contributed by atoms with Crippen LogP contribution in [0.25, 0.3) is 16.8 Å². The molecule has 136 valence electrons. The largest absolute Gasteiger partial charge is 0.507 e. The standard InChI is InChI=1S/C19H13BrN4O.C2H6/c20-14-9-11(5-6-16(14)25)17-13-7-8-24-19(13)18(21-10-22-24)12-3-1-2-4-15(12)23-17;1-2/h1-10,17,23,25H;1-2H3. The second kappa shape index (κ2) is 7.04. The molecule has 0 bridgehead atoms. The Kier molecular flexibility index (Phi) is 4.58. The van der Waals surface area contributed by atoms with E-state index >= 15 is 0 Å². The van der Waals surface area contributed by atoms with Gasteiger partial charge in [-0.15, -0.1) is 0 Å². The smallest absolute Gasteiger partial charge is 0.137 e. The van der Waals surface area contributed by atoms with Gasteiger partial charge in [0.1, 0.15) is 17.8 Å². The molecule has 1 atom stereocenters. The van der Waals surface area contributed by atoms with E-state index in [0.717, 1.165) is 33.6 Å². The van der Waals surface area contributed by atoms with Crippen LogP contribution in [0, 0.1) is 0 Å². The Bertz CT molecular complexity index is 1120. The lowest BCUT2D eigenvalue weighted by Gasteiger charge is -2.20. The van der Waals surface area contributed by atoms with Gasteiger partial charge in [0.25, 0.3) is 0 Å². The molecule has 27 heavy (non-hydrogen) atoms. The molecule has 1 aliphatic rings. The lowest BCUT2D eigenvalue weighted by Crippen LogP contribution is -2.11. The Hall–Kier alpha value is -2.86. The molecule has 5 rings (SSSR count). The van der Waals surface area contributed by atoms with Crippen molar-refractivity contribution in [2.45, 2.75) is 19.9 Å². The highest BCUT2D eigenvalue weighted by Crippen LogP contribution is 2.41. The van der Waals surface area contributed by atoms with Crippen molar-refractivity contribution in [1.82, 2.24) is 14.6 Å². The van der Waals surface area contributed by atoms with Crippen molar-refractivity contribution in [1.29, 1.82) is 0 Å². The van der Waals surface area contributed by atoms with Crippen LogP contribution < -0.4 is 5.32 Å². The molecule has 5 nitrogen and oxygen atoms in total. The zero-order valence-electron chi connectivity index (χ0n) is 15.0. The number of hydrogen-bond acceptors (Lipinski definition) is 4. The number of phenols is 1. The highest BCUT2D eigenvalue weighted by Gasteiger charge is 2.26. The van der Waals surface area contributed by atoms with Gasteiger partial charge in [-0.1, -0.05) is 38.1 Å². The van der Waals surface area contributed by atoms with Crippen LogP contribution in [0.2, 0.25) is 0 Å². The Morgan fingerprint density at radius 3 is 2.74 bits per heavy atom. The van der Waals surface area contributed by atoms with Crippen LogP contribution in [0.4, 0.5) is 5.69 Å². The number of halogens is 1. The minimum absolute atomic E-state index is 0.0738. The number of hydrogen-bond donors (Lipinski definition) is 2. The van der Waals surface area contributed by atoms with Gasteiger partial charge in [-0.05, 0) is 45.8 Å². The zero-order chi connectivity index (χ0) is 19.0. The first-order valence-corrected chi connectivity index (χ1v) is 9.68. The molecule has 0 fully saturated rings. The molecular weight excluding hydrogens is 404 g/mol. The predicted molar refractivity (Wildman–Crippen MR) is 111 cm³/mol. The molecule has 0 saturated heterocycles. The summed E-state index contributed by atoms with van der Waals surface area (Å²) in [5.41, 5.74) is 6.13. The van der Waals surface area contributed by atoms with E-state index in [9.17, 15) is 5.11 Å². The average Bonchev–Trinajstić information content (AvgIpc) is 3.08. The highest BCUT2D eigenvalue weighted by atomic mass is 79.9. The minimum Gasteiger partial charge on any atom is -0.507 e. The number of aromatic hydroxyl groups is 1. The van der Waals surface area contributed by atoms with Crippen LogP contribution in [0.1, 0.15) is 31.0 Å². The van der Waals surface area contributed by atoms with Gasteiger partial charge in [-0.3, -0.25) is 0 Å². The predicted octanol–water partition coefficient (Wildman–Crippen LogP) is 5.41. The third-order valence-electron chi connectivity index (χ3n) is 4.58. The maximum Gasteiger partial charge on any atom is 0.137 e. The lowest BCUT2D eigenvalue weighted by molar-refractivity contribution is 0.471. The van der Waals surface area contributed by atoms with E-state index in [4.69, 9.17) is 0 Å². The molecule has 0 radical (unpaired) electrons. The first kappa shape index (κ1) is 17.5. The summed E-state index contributed by atoms with van der Waals surface area (Å²) >= 11 is 3.42. The molecule has 1 unspecified atom stereocenters. The van der Waals surface area contributed by atoms with Gasteiger partial charge in [0, 0.05) is 23.0 Å². The molecule has 0 spiro atoms. The molecule has 6 heteroatoms. The zero-order valence-corrected chi connectivity index (χ0v) is 16.6. The van der Waals surface area contributed by atoms with E-state index in [0.29, 0.717) is 4.47 Å². The minimum atomic E-state index is -0.0738. The molecular formula is C21H19BrN4O. The summed E-state index contributed by atoms with van der Waals surface area (Å²) in [5.74, 6) is 0.225. The van der Waals surface area contributed by atoms with E-state index in [1.165, 1.54) is 0 Å². The number of aromatic nitrogens is 3. The Balaban J connectivity index is 0.000000872. The molecule has 2 N–H and O–H groups in total. The van der Waals surface area contributed by atoms with Gasteiger partial charge in [-0.25, -0.2) is 9.50 Å². The SMILES string of the molecule is CC.Oc1ccc(C2Nc3ccccc3-c3ncnn4ccc2c34)cc1Br. The molecule has 1 aliphatic heterocycles. The molecule has 0 amide bonds. The van der Waals surface area contributed by atoms with Crippen LogP contribution in [-0.2, 0) is 0 Å². The summed E-state index contributed by atoms with van der Waals surface area (Å²) in [5, 5.41) is 17.8. The van der Waals surface area contributed by atoms with E-state index < -0.39 is 0 Å². The Morgan fingerprint density at radius 2 is 1.93 bits per heavy atom. The Labute approximate surface area is 165 Å². The van der Waals surface area contributed by atoms with E-state index in [-0.39, 0.29) is 11.8 Å². The van der Waals surface area contributed by atoms with Crippen molar-refractivity contribution in [2.24, 2.45) is 0 Å². The summed E-state index contributed by atoms with van der Waals surface area (Å²) in [7, 11) is 0. The number of rotatable bonds is 1. The van der Waals surface area contributed by atoms with Crippen molar-refractivity contribution >= 4 is 27.1 Å². The van der Waals surface area contributed by atoms with Crippen molar-refractivity contribution in [3.8, 4) is 17.0 Å². The summed E-state index contributed by atoms with van der Waals surface area (Å²) < 4.78 is 2.54. The maximum atomic E-state index is 9.83. The quantitative estimate of drug-likeness (QED) is 0.430. The monoisotopic (exact) mass is 422 g/mol. The van der Waals surface area contributed by atoms with Crippen molar-refractivity contribution in [3.63, 3.8) is 0 Å².